The van der Waals surface area contributed by atoms with Crippen LogP contribution in [0.2, 0.25) is 0 Å². The summed E-state index contributed by atoms with van der Waals surface area (Å²) in [4.78, 5) is 10.7. The summed E-state index contributed by atoms with van der Waals surface area (Å²) < 4.78 is 31.4. The Morgan fingerprint density at radius 2 is 1.68 bits per heavy atom. The highest BCUT2D eigenvalue weighted by Crippen LogP contribution is 2.16. The fraction of sp³-hybridized carbons (Fsp3) is 0.133. The molecule has 0 unspecified atom stereocenters. The van der Waals surface area contributed by atoms with E-state index in [1.807, 2.05) is 0 Å². The predicted molar refractivity (Wildman–Crippen MR) is 82.9 cm³/mol. The van der Waals surface area contributed by atoms with Crippen molar-refractivity contribution in [3.63, 3.8) is 0 Å². The third-order valence-corrected chi connectivity index (χ3v) is 4.29. The molecule has 116 valence electrons. The number of benzene rings is 2. The molecule has 0 saturated heterocycles. The number of nitrogens with two attached hydrogens (primary N) is 1. The van der Waals surface area contributed by atoms with E-state index in [-0.39, 0.29) is 11.5 Å². The van der Waals surface area contributed by atoms with Gasteiger partial charge < -0.3 is 10.5 Å². The third-order valence-electron chi connectivity index (χ3n) is 2.89. The molecule has 0 aromatic heterocycles. The lowest BCUT2D eigenvalue weighted by atomic mass is 10.1. The zero-order chi connectivity index (χ0) is 16.0. The highest BCUT2D eigenvalue weighted by molar-refractivity contribution is 7.92. The molecule has 2 rings (SSSR count). The van der Waals surface area contributed by atoms with E-state index in [2.05, 4.69) is 9.46 Å². The lowest BCUT2D eigenvalue weighted by Crippen LogP contribution is -2.15. The summed E-state index contributed by atoms with van der Waals surface area (Å²) >= 11 is 0. The van der Waals surface area contributed by atoms with Crippen molar-refractivity contribution in [1.82, 2.24) is 0 Å². The molecule has 2 aromatic rings. The lowest BCUT2D eigenvalue weighted by Gasteiger charge is -2.09. The van der Waals surface area contributed by atoms with E-state index in [4.69, 9.17) is 5.73 Å². The van der Waals surface area contributed by atoms with Gasteiger partial charge in [-0.15, -0.1) is 0 Å². The van der Waals surface area contributed by atoms with E-state index in [0.717, 1.165) is 5.56 Å². The first-order valence-electron chi connectivity index (χ1n) is 6.56. The van der Waals surface area contributed by atoms with E-state index in [1.165, 1.54) is 12.1 Å². The van der Waals surface area contributed by atoms with Gasteiger partial charge in [-0.2, -0.15) is 0 Å². The Kier molecular flexibility index (Phi) is 5.00. The van der Waals surface area contributed by atoms with Gasteiger partial charge in [-0.1, -0.05) is 30.3 Å². The summed E-state index contributed by atoms with van der Waals surface area (Å²) in [6.07, 6.45) is -0.304. The Bertz CT molecular complexity index is 728. The molecule has 0 aliphatic heterocycles. The predicted octanol–water partition coefficient (Wildman–Crippen LogP) is 2.13. The second kappa shape index (κ2) is 6.95. The number of primary amides is 1. The van der Waals surface area contributed by atoms with Crippen LogP contribution in [-0.2, 0) is 21.2 Å². The van der Waals surface area contributed by atoms with Crippen molar-refractivity contribution < 1.29 is 17.9 Å². The van der Waals surface area contributed by atoms with Gasteiger partial charge in [0, 0.05) is 12.1 Å². The summed E-state index contributed by atoms with van der Waals surface area (Å²) in [6, 6.07) is 14.9. The van der Waals surface area contributed by atoms with E-state index in [0.29, 0.717) is 12.1 Å². The number of hydrogen-bond donors (Lipinski definition) is 2. The summed E-state index contributed by atoms with van der Waals surface area (Å²) in [7, 11) is -3.59. The molecule has 22 heavy (non-hydrogen) atoms. The van der Waals surface area contributed by atoms with E-state index in [1.54, 1.807) is 42.5 Å². The molecular weight excluding hydrogens is 304 g/mol. The molecule has 0 atom stereocenters. The molecule has 0 radical (unpaired) electrons. The third kappa shape index (κ3) is 4.49. The number of amides is 1. The molecule has 0 heterocycles. The van der Waals surface area contributed by atoms with Gasteiger partial charge in [0.25, 0.3) is 10.0 Å². The largest absolute Gasteiger partial charge is 0.449 e. The maximum atomic E-state index is 12.2. The monoisotopic (exact) mass is 320 g/mol. The van der Waals surface area contributed by atoms with E-state index in [9.17, 15) is 13.2 Å². The van der Waals surface area contributed by atoms with Crippen LogP contribution >= 0.6 is 0 Å². The van der Waals surface area contributed by atoms with Gasteiger partial charge in [-0.25, -0.2) is 13.2 Å². The first-order chi connectivity index (χ1) is 10.5. The van der Waals surface area contributed by atoms with Crippen LogP contribution in [0.3, 0.4) is 0 Å². The van der Waals surface area contributed by atoms with E-state index < -0.39 is 16.1 Å². The Hall–Kier alpha value is -2.54. The van der Waals surface area contributed by atoms with Crippen LogP contribution < -0.4 is 10.5 Å². The van der Waals surface area contributed by atoms with Crippen LogP contribution in [0.15, 0.2) is 59.5 Å². The number of nitrogens with one attached hydrogen (secondary N) is 1. The van der Waals surface area contributed by atoms with Crippen LogP contribution in [-0.4, -0.2) is 21.1 Å². The minimum atomic E-state index is -3.59. The van der Waals surface area contributed by atoms with Crippen molar-refractivity contribution in [2.45, 2.75) is 11.3 Å². The van der Waals surface area contributed by atoms with Crippen LogP contribution in [0.1, 0.15) is 5.56 Å². The van der Waals surface area contributed by atoms with Gasteiger partial charge in [-0.3, -0.25) is 4.72 Å². The molecule has 0 bridgehead atoms. The molecule has 0 saturated carbocycles. The maximum absolute atomic E-state index is 12.2. The molecule has 2 aromatic carbocycles. The number of carbonyl (C=O) groups excluding carboxylic acids is 1. The second-order valence-corrected chi connectivity index (χ2v) is 6.22. The minimum absolute atomic E-state index is 0.185. The average molecular weight is 320 g/mol. The van der Waals surface area contributed by atoms with Crippen molar-refractivity contribution in [2.24, 2.45) is 5.73 Å². The Labute approximate surface area is 129 Å². The zero-order valence-corrected chi connectivity index (χ0v) is 12.5. The Balaban J connectivity index is 2.01. The minimum Gasteiger partial charge on any atom is -0.449 e. The van der Waals surface area contributed by atoms with Gasteiger partial charge in [-0.05, 0) is 29.8 Å². The molecular formula is C15H16N2O4S. The van der Waals surface area contributed by atoms with E-state index >= 15 is 0 Å². The molecule has 6 nitrogen and oxygen atoms in total. The van der Waals surface area contributed by atoms with Crippen molar-refractivity contribution in [3.8, 4) is 0 Å². The molecule has 0 spiro atoms. The maximum Gasteiger partial charge on any atom is 0.404 e. The van der Waals surface area contributed by atoms with Crippen molar-refractivity contribution in [2.75, 3.05) is 11.3 Å². The standard InChI is InChI=1S/C15H16N2O4S/c16-15(18)21-11-10-12-6-8-13(9-7-12)17-22(19,20)14-4-2-1-3-5-14/h1-9,17H,10-11H2,(H2,16,18). The highest BCUT2D eigenvalue weighted by atomic mass is 32.2. The smallest absolute Gasteiger partial charge is 0.404 e. The van der Waals surface area contributed by atoms with Gasteiger partial charge in [0.1, 0.15) is 0 Å². The quantitative estimate of drug-likeness (QED) is 0.851. The molecule has 0 aliphatic rings. The van der Waals surface area contributed by atoms with Crippen LogP contribution in [0, 0.1) is 0 Å². The van der Waals surface area contributed by atoms with Crippen molar-refractivity contribution >= 4 is 21.8 Å². The van der Waals surface area contributed by atoms with Gasteiger partial charge in [0.05, 0.1) is 11.5 Å². The molecule has 0 fully saturated rings. The van der Waals surface area contributed by atoms with Crippen LogP contribution in [0.4, 0.5) is 10.5 Å². The summed E-state index contributed by atoms with van der Waals surface area (Å²) in [5.74, 6) is 0. The SMILES string of the molecule is NC(=O)OCCc1ccc(NS(=O)(=O)c2ccccc2)cc1. The summed E-state index contributed by atoms with van der Waals surface area (Å²) in [6.45, 7) is 0.185. The molecule has 7 heteroatoms. The first-order valence-corrected chi connectivity index (χ1v) is 8.05. The normalized spacial score (nSPS) is 10.9. The van der Waals surface area contributed by atoms with Crippen molar-refractivity contribution in [3.05, 3.63) is 60.2 Å². The molecule has 0 aliphatic carbocycles. The highest BCUT2D eigenvalue weighted by Gasteiger charge is 2.13. The second-order valence-electron chi connectivity index (χ2n) is 4.53. The summed E-state index contributed by atoms with van der Waals surface area (Å²) in [5, 5.41) is 0. The number of carbonyl (C=O) groups is 1. The van der Waals surface area contributed by atoms with Crippen molar-refractivity contribution in [1.29, 1.82) is 0 Å². The molecule has 1 amide bonds. The number of hydrogen-bond acceptors (Lipinski definition) is 4. The Morgan fingerprint density at radius 3 is 2.27 bits per heavy atom. The lowest BCUT2D eigenvalue weighted by molar-refractivity contribution is 0.158. The van der Waals surface area contributed by atoms with Gasteiger partial charge in [0.15, 0.2) is 0 Å². The Morgan fingerprint density at radius 1 is 1.05 bits per heavy atom. The number of ether oxygens (including phenoxy) is 1. The zero-order valence-electron chi connectivity index (χ0n) is 11.7. The number of anilines is 1. The number of sulfonamides is 1. The van der Waals surface area contributed by atoms with Gasteiger partial charge in [0.2, 0.25) is 0 Å². The fourth-order valence-electron chi connectivity index (χ4n) is 1.82. The van der Waals surface area contributed by atoms with Gasteiger partial charge >= 0.3 is 6.09 Å². The first kappa shape index (κ1) is 15.8. The average Bonchev–Trinajstić information content (AvgIpc) is 2.49. The topological polar surface area (TPSA) is 98.5 Å². The summed E-state index contributed by atoms with van der Waals surface area (Å²) in [5.41, 5.74) is 6.24. The van der Waals surface area contributed by atoms with Crippen LogP contribution in [0.25, 0.3) is 0 Å². The van der Waals surface area contributed by atoms with Crippen LogP contribution in [0.5, 0.6) is 0 Å². The molecule has 3 N–H and O–H groups in total. The fourth-order valence-corrected chi connectivity index (χ4v) is 2.90. The number of rotatable bonds is 6.